The molecule has 1 fully saturated rings. The first-order valence-corrected chi connectivity index (χ1v) is 7.22. The molecule has 0 spiro atoms. The van der Waals surface area contributed by atoms with Gasteiger partial charge in [-0.1, -0.05) is 6.92 Å². The van der Waals surface area contributed by atoms with Crippen molar-refractivity contribution >= 4 is 17.7 Å². The lowest BCUT2D eigenvalue weighted by atomic mass is 10.1. The maximum atomic E-state index is 11.6. The molecule has 1 amide bonds. The number of nitrogens with two attached hydrogens (primary N) is 1. The van der Waals surface area contributed by atoms with Gasteiger partial charge in [-0.2, -0.15) is 11.8 Å². The number of carbonyl (C=O) groups is 1. The van der Waals surface area contributed by atoms with Gasteiger partial charge in [0.1, 0.15) is 0 Å². The van der Waals surface area contributed by atoms with E-state index in [0.29, 0.717) is 13.0 Å². The van der Waals surface area contributed by atoms with Crippen LogP contribution in [0.1, 0.15) is 19.8 Å². The highest BCUT2D eigenvalue weighted by Gasteiger charge is 2.21. The molecule has 1 aliphatic heterocycles. The molecule has 5 heteroatoms. The highest BCUT2D eigenvalue weighted by atomic mass is 32.2. The van der Waals surface area contributed by atoms with E-state index >= 15 is 0 Å². The predicted octanol–water partition coefficient (Wildman–Crippen LogP) is 0.279. The van der Waals surface area contributed by atoms with Crippen LogP contribution in [0.3, 0.4) is 0 Å². The molecule has 0 aromatic rings. The fourth-order valence-corrected chi connectivity index (χ4v) is 2.79. The van der Waals surface area contributed by atoms with Crippen LogP contribution in [0.2, 0.25) is 0 Å². The van der Waals surface area contributed by atoms with Gasteiger partial charge in [0.15, 0.2) is 0 Å². The second kappa shape index (κ2) is 7.92. The van der Waals surface area contributed by atoms with Crippen molar-refractivity contribution in [1.29, 1.82) is 0 Å². The Morgan fingerprint density at radius 2 is 2.19 bits per heavy atom. The van der Waals surface area contributed by atoms with Gasteiger partial charge in [-0.15, -0.1) is 0 Å². The predicted molar refractivity (Wildman–Crippen MR) is 69.7 cm³/mol. The Morgan fingerprint density at radius 1 is 1.50 bits per heavy atom. The minimum Gasteiger partial charge on any atom is -0.356 e. The summed E-state index contributed by atoms with van der Waals surface area (Å²) in [6, 6.07) is 0.220. The summed E-state index contributed by atoms with van der Waals surface area (Å²) in [6.45, 7) is 5.53. The van der Waals surface area contributed by atoms with Crippen LogP contribution in [-0.2, 0) is 4.79 Å². The Labute approximate surface area is 102 Å². The lowest BCUT2D eigenvalue weighted by Gasteiger charge is -2.33. The van der Waals surface area contributed by atoms with Crippen LogP contribution in [0.25, 0.3) is 0 Å². The van der Waals surface area contributed by atoms with E-state index in [-0.39, 0.29) is 11.9 Å². The summed E-state index contributed by atoms with van der Waals surface area (Å²) < 4.78 is 0. The second-order valence-electron chi connectivity index (χ2n) is 4.09. The molecule has 16 heavy (non-hydrogen) atoms. The Kier molecular flexibility index (Phi) is 6.84. The van der Waals surface area contributed by atoms with Gasteiger partial charge in [-0.05, 0) is 6.42 Å². The molecule has 0 saturated carbocycles. The number of nitrogens with one attached hydrogen (secondary N) is 1. The van der Waals surface area contributed by atoms with Crippen molar-refractivity contribution in [2.45, 2.75) is 25.8 Å². The zero-order chi connectivity index (χ0) is 11.8. The van der Waals surface area contributed by atoms with E-state index in [2.05, 4.69) is 17.1 Å². The normalized spacial score (nSPS) is 19.4. The van der Waals surface area contributed by atoms with Crippen molar-refractivity contribution < 1.29 is 4.79 Å². The maximum absolute atomic E-state index is 11.6. The van der Waals surface area contributed by atoms with Gasteiger partial charge >= 0.3 is 0 Å². The molecule has 0 aromatic heterocycles. The largest absolute Gasteiger partial charge is 0.356 e. The van der Waals surface area contributed by atoms with Crippen LogP contribution >= 0.6 is 11.8 Å². The fourth-order valence-electron chi connectivity index (χ4n) is 1.85. The zero-order valence-corrected chi connectivity index (χ0v) is 10.9. The number of nitrogens with zero attached hydrogens (tertiary/aromatic N) is 1. The average molecular weight is 245 g/mol. The topological polar surface area (TPSA) is 58.4 Å². The maximum Gasteiger partial charge on any atom is 0.221 e. The fraction of sp³-hybridized carbons (Fsp3) is 0.909. The number of amides is 1. The third kappa shape index (κ3) is 4.72. The van der Waals surface area contributed by atoms with E-state index in [1.807, 2.05) is 11.8 Å². The quantitative estimate of drug-likeness (QED) is 0.706. The van der Waals surface area contributed by atoms with Gasteiger partial charge in [0.25, 0.3) is 0 Å². The van der Waals surface area contributed by atoms with Crippen LogP contribution in [0, 0.1) is 0 Å². The summed E-state index contributed by atoms with van der Waals surface area (Å²) >= 11 is 1.98. The van der Waals surface area contributed by atoms with E-state index in [4.69, 9.17) is 5.73 Å². The van der Waals surface area contributed by atoms with Gasteiger partial charge in [0.05, 0.1) is 0 Å². The van der Waals surface area contributed by atoms with Crippen molar-refractivity contribution in [2.24, 2.45) is 5.73 Å². The molecule has 3 N–H and O–H groups in total. The third-order valence-electron chi connectivity index (χ3n) is 2.83. The number of rotatable bonds is 6. The first-order valence-electron chi connectivity index (χ1n) is 6.06. The van der Waals surface area contributed by atoms with Crippen molar-refractivity contribution in [3.8, 4) is 0 Å². The molecule has 1 heterocycles. The Bertz CT molecular complexity index is 207. The molecular formula is C11H23N3OS. The first kappa shape index (κ1) is 13.8. The summed E-state index contributed by atoms with van der Waals surface area (Å²) in [6.07, 6.45) is 1.53. The number of carbonyl (C=O) groups excluding carboxylic acids is 1. The first-order chi connectivity index (χ1) is 7.77. The molecule has 1 rings (SSSR count). The minimum absolute atomic E-state index is 0.135. The molecule has 4 nitrogen and oxygen atoms in total. The van der Waals surface area contributed by atoms with Crippen molar-refractivity contribution in [3.05, 3.63) is 0 Å². The summed E-state index contributed by atoms with van der Waals surface area (Å²) in [7, 11) is 0. The molecule has 1 unspecified atom stereocenters. The molecule has 0 bridgehead atoms. The van der Waals surface area contributed by atoms with Gasteiger partial charge in [0.2, 0.25) is 5.91 Å². The van der Waals surface area contributed by atoms with Crippen LogP contribution < -0.4 is 11.1 Å². The Hall–Kier alpha value is -0.260. The van der Waals surface area contributed by atoms with Gasteiger partial charge in [0, 0.05) is 50.1 Å². The molecular weight excluding hydrogens is 222 g/mol. The lowest BCUT2D eigenvalue weighted by molar-refractivity contribution is -0.122. The second-order valence-corrected chi connectivity index (χ2v) is 5.32. The monoisotopic (exact) mass is 245 g/mol. The molecule has 0 aliphatic carbocycles. The third-order valence-corrected chi connectivity index (χ3v) is 3.77. The molecule has 0 radical (unpaired) electrons. The summed E-state index contributed by atoms with van der Waals surface area (Å²) in [5, 5.41) is 2.91. The van der Waals surface area contributed by atoms with E-state index < -0.39 is 0 Å². The standard InChI is InChI=1S/C11H23N3OS/c1-2-3-13-11(15)8-10(9-12)14-4-6-16-7-5-14/h10H,2-9,12H2,1H3,(H,13,15). The van der Waals surface area contributed by atoms with Gasteiger partial charge in [-0.25, -0.2) is 0 Å². The SMILES string of the molecule is CCCNC(=O)CC(CN)N1CCSCC1. The molecule has 1 atom stereocenters. The summed E-state index contributed by atoms with van der Waals surface area (Å²) in [5.41, 5.74) is 5.75. The van der Waals surface area contributed by atoms with E-state index in [0.717, 1.165) is 37.6 Å². The number of hydrogen-bond donors (Lipinski definition) is 2. The smallest absolute Gasteiger partial charge is 0.221 e. The van der Waals surface area contributed by atoms with Crippen molar-refractivity contribution in [1.82, 2.24) is 10.2 Å². The van der Waals surface area contributed by atoms with Crippen molar-refractivity contribution in [3.63, 3.8) is 0 Å². The van der Waals surface area contributed by atoms with Crippen LogP contribution in [0.4, 0.5) is 0 Å². The number of thioether (sulfide) groups is 1. The van der Waals surface area contributed by atoms with Crippen molar-refractivity contribution in [2.75, 3.05) is 37.7 Å². The zero-order valence-electron chi connectivity index (χ0n) is 10.1. The highest BCUT2D eigenvalue weighted by molar-refractivity contribution is 7.99. The van der Waals surface area contributed by atoms with E-state index in [1.54, 1.807) is 0 Å². The summed E-state index contributed by atoms with van der Waals surface area (Å²) in [4.78, 5) is 14.0. The molecule has 0 aromatic carbocycles. The number of hydrogen-bond acceptors (Lipinski definition) is 4. The van der Waals surface area contributed by atoms with E-state index in [9.17, 15) is 4.79 Å². The molecule has 1 saturated heterocycles. The Balaban J connectivity index is 2.32. The van der Waals surface area contributed by atoms with Crippen LogP contribution in [0.15, 0.2) is 0 Å². The van der Waals surface area contributed by atoms with Crippen LogP contribution in [0.5, 0.6) is 0 Å². The average Bonchev–Trinajstić information content (AvgIpc) is 2.34. The minimum atomic E-state index is 0.135. The summed E-state index contributed by atoms with van der Waals surface area (Å²) in [5.74, 6) is 2.45. The Morgan fingerprint density at radius 3 is 2.75 bits per heavy atom. The molecule has 94 valence electrons. The van der Waals surface area contributed by atoms with Gasteiger partial charge in [-0.3, -0.25) is 9.69 Å². The van der Waals surface area contributed by atoms with E-state index in [1.165, 1.54) is 0 Å². The molecule has 1 aliphatic rings. The van der Waals surface area contributed by atoms with Gasteiger partial charge < -0.3 is 11.1 Å². The lowest BCUT2D eigenvalue weighted by Crippen LogP contribution is -2.47. The van der Waals surface area contributed by atoms with Crippen LogP contribution in [-0.4, -0.2) is 54.5 Å². The highest BCUT2D eigenvalue weighted by Crippen LogP contribution is 2.13.